The predicted molar refractivity (Wildman–Crippen MR) is 109 cm³/mol. The number of aromatic nitrogens is 1. The van der Waals surface area contributed by atoms with Gasteiger partial charge in [0.15, 0.2) is 0 Å². The Morgan fingerprint density at radius 2 is 1.82 bits per heavy atom. The SMILES string of the molecule is COc1ccc(CN2C[C@@H]3CC[C@H](C2)N(C(=O)CCc2ccncc2)C3)cc1. The van der Waals surface area contributed by atoms with Crippen molar-refractivity contribution in [1.82, 2.24) is 14.8 Å². The molecular weight excluding hydrogens is 350 g/mol. The molecule has 1 amide bonds. The smallest absolute Gasteiger partial charge is 0.223 e. The molecule has 3 fully saturated rings. The number of hydrogen-bond donors (Lipinski definition) is 0. The standard InChI is InChI=1S/C23H29N3O2/c1-28-22-7-3-19(4-8-22)14-25-15-20-2-6-21(17-25)26(16-20)23(27)9-5-18-10-12-24-13-11-18/h3-4,7-8,10-13,20-21H,2,5-6,9,14-17H2,1H3/t20-,21+/m0/s1. The second kappa shape index (κ2) is 8.74. The number of hydrogen-bond acceptors (Lipinski definition) is 4. The minimum Gasteiger partial charge on any atom is -0.497 e. The molecule has 0 aliphatic carbocycles. The van der Waals surface area contributed by atoms with Gasteiger partial charge in [-0.15, -0.1) is 0 Å². The van der Waals surface area contributed by atoms with E-state index in [1.54, 1.807) is 19.5 Å². The van der Waals surface area contributed by atoms with Crippen molar-refractivity contribution < 1.29 is 9.53 Å². The summed E-state index contributed by atoms with van der Waals surface area (Å²) in [6.45, 7) is 3.91. The van der Waals surface area contributed by atoms with Crippen molar-refractivity contribution in [3.8, 4) is 5.75 Å². The van der Waals surface area contributed by atoms with Crippen molar-refractivity contribution >= 4 is 5.91 Å². The molecule has 0 spiro atoms. The van der Waals surface area contributed by atoms with Gasteiger partial charge >= 0.3 is 0 Å². The average molecular weight is 380 g/mol. The summed E-state index contributed by atoms with van der Waals surface area (Å²) in [4.78, 5) is 21.7. The van der Waals surface area contributed by atoms with E-state index < -0.39 is 0 Å². The van der Waals surface area contributed by atoms with Crippen LogP contribution >= 0.6 is 0 Å². The van der Waals surface area contributed by atoms with Crippen LogP contribution in [0.2, 0.25) is 0 Å². The number of pyridine rings is 1. The van der Waals surface area contributed by atoms with Crippen LogP contribution in [0.25, 0.3) is 0 Å². The molecule has 5 rings (SSSR count). The fourth-order valence-electron chi connectivity index (χ4n) is 4.55. The summed E-state index contributed by atoms with van der Waals surface area (Å²) in [5, 5.41) is 0. The molecule has 1 aromatic carbocycles. The van der Waals surface area contributed by atoms with E-state index in [0.717, 1.165) is 44.8 Å². The van der Waals surface area contributed by atoms with Crippen LogP contribution in [-0.2, 0) is 17.8 Å². The fraction of sp³-hybridized carbons (Fsp3) is 0.478. The molecule has 28 heavy (non-hydrogen) atoms. The first kappa shape index (κ1) is 18.9. The largest absolute Gasteiger partial charge is 0.497 e. The van der Waals surface area contributed by atoms with Gasteiger partial charge in [0.05, 0.1) is 7.11 Å². The minimum atomic E-state index is 0.304. The maximum Gasteiger partial charge on any atom is 0.223 e. The van der Waals surface area contributed by atoms with E-state index in [4.69, 9.17) is 4.74 Å². The minimum absolute atomic E-state index is 0.304. The highest BCUT2D eigenvalue weighted by Crippen LogP contribution is 2.29. The lowest BCUT2D eigenvalue weighted by molar-refractivity contribution is -0.135. The van der Waals surface area contributed by atoms with Crippen LogP contribution in [0.3, 0.4) is 0 Å². The lowest BCUT2D eigenvalue weighted by Crippen LogP contribution is -2.47. The Morgan fingerprint density at radius 1 is 1.04 bits per heavy atom. The van der Waals surface area contributed by atoms with Gasteiger partial charge in [0.25, 0.3) is 0 Å². The van der Waals surface area contributed by atoms with Gasteiger partial charge in [-0.05, 0) is 60.6 Å². The lowest BCUT2D eigenvalue weighted by Gasteiger charge is -2.36. The second-order valence-electron chi connectivity index (χ2n) is 8.04. The Kier molecular flexibility index (Phi) is 5.91. The van der Waals surface area contributed by atoms with Crippen LogP contribution in [0.1, 0.15) is 30.4 Å². The molecule has 0 N–H and O–H groups in total. The van der Waals surface area contributed by atoms with Crippen molar-refractivity contribution in [2.45, 2.75) is 38.3 Å². The van der Waals surface area contributed by atoms with Crippen molar-refractivity contribution in [3.05, 3.63) is 59.9 Å². The third kappa shape index (κ3) is 4.53. The van der Waals surface area contributed by atoms with E-state index in [1.165, 1.54) is 17.5 Å². The number of ether oxygens (including phenoxy) is 1. The fourth-order valence-corrected chi connectivity index (χ4v) is 4.55. The van der Waals surface area contributed by atoms with E-state index in [1.807, 2.05) is 24.3 Å². The third-order valence-corrected chi connectivity index (χ3v) is 6.05. The highest BCUT2D eigenvalue weighted by Gasteiger charge is 2.36. The number of carbonyl (C=O) groups is 1. The Hall–Kier alpha value is -2.40. The summed E-state index contributed by atoms with van der Waals surface area (Å²) < 4.78 is 5.26. The zero-order valence-electron chi connectivity index (χ0n) is 16.6. The Bertz CT molecular complexity index is 778. The van der Waals surface area contributed by atoms with Gasteiger partial charge in [-0.3, -0.25) is 14.7 Å². The predicted octanol–water partition coefficient (Wildman–Crippen LogP) is 3.15. The summed E-state index contributed by atoms with van der Waals surface area (Å²) in [5.41, 5.74) is 2.49. The monoisotopic (exact) mass is 379 g/mol. The molecule has 1 aromatic heterocycles. The van der Waals surface area contributed by atoms with Gasteiger partial charge in [-0.25, -0.2) is 0 Å². The van der Waals surface area contributed by atoms with Crippen LogP contribution in [0.5, 0.6) is 5.75 Å². The molecule has 0 unspecified atom stereocenters. The van der Waals surface area contributed by atoms with Gasteiger partial charge in [0, 0.05) is 51.0 Å². The first-order valence-corrected chi connectivity index (χ1v) is 10.2. The first-order valence-electron chi connectivity index (χ1n) is 10.2. The first-order chi connectivity index (χ1) is 13.7. The van der Waals surface area contributed by atoms with Gasteiger partial charge in [-0.1, -0.05) is 12.1 Å². The molecule has 2 atom stereocenters. The zero-order chi connectivity index (χ0) is 19.3. The normalized spacial score (nSPS) is 22.1. The van der Waals surface area contributed by atoms with Gasteiger partial charge in [0.1, 0.15) is 5.75 Å². The molecule has 2 bridgehead atoms. The number of nitrogens with zero attached hydrogens (tertiary/aromatic N) is 3. The summed E-state index contributed by atoms with van der Waals surface area (Å²) in [6, 6.07) is 12.7. The van der Waals surface area contributed by atoms with Crippen LogP contribution < -0.4 is 4.74 Å². The average Bonchev–Trinajstić information content (AvgIpc) is 3.04. The molecule has 3 aliphatic heterocycles. The number of rotatable bonds is 6. The molecule has 4 heterocycles. The molecule has 3 saturated heterocycles. The number of aryl methyl sites for hydroxylation is 1. The van der Waals surface area contributed by atoms with E-state index in [2.05, 4.69) is 26.9 Å². The molecule has 148 valence electrons. The number of methoxy groups -OCH3 is 1. The number of amides is 1. The highest BCUT2D eigenvalue weighted by atomic mass is 16.5. The van der Waals surface area contributed by atoms with Crippen molar-refractivity contribution in [2.75, 3.05) is 26.7 Å². The Morgan fingerprint density at radius 3 is 2.57 bits per heavy atom. The van der Waals surface area contributed by atoms with Crippen LogP contribution in [0.4, 0.5) is 0 Å². The van der Waals surface area contributed by atoms with Crippen LogP contribution in [0, 0.1) is 5.92 Å². The Balaban J connectivity index is 1.36. The summed E-state index contributed by atoms with van der Waals surface area (Å²) in [7, 11) is 1.70. The summed E-state index contributed by atoms with van der Waals surface area (Å²) >= 11 is 0. The number of benzene rings is 1. The highest BCUT2D eigenvalue weighted by molar-refractivity contribution is 5.77. The molecule has 3 aliphatic rings. The Labute approximate surface area is 167 Å². The molecule has 0 saturated carbocycles. The van der Waals surface area contributed by atoms with E-state index >= 15 is 0 Å². The van der Waals surface area contributed by atoms with Crippen molar-refractivity contribution in [2.24, 2.45) is 5.92 Å². The summed E-state index contributed by atoms with van der Waals surface area (Å²) in [6.07, 6.45) is 7.34. The van der Waals surface area contributed by atoms with Crippen LogP contribution in [-0.4, -0.2) is 53.5 Å². The lowest BCUT2D eigenvalue weighted by atomic mass is 9.94. The summed E-state index contributed by atoms with van der Waals surface area (Å²) in [5.74, 6) is 1.78. The van der Waals surface area contributed by atoms with Gasteiger partial charge in [-0.2, -0.15) is 0 Å². The maximum absolute atomic E-state index is 12.9. The molecule has 2 aromatic rings. The van der Waals surface area contributed by atoms with Crippen LogP contribution in [0.15, 0.2) is 48.8 Å². The zero-order valence-corrected chi connectivity index (χ0v) is 16.6. The van der Waals surface area contributed by atoms with Gasteiger partial charge < -0.3 is 9.64 Å². The number of carbonyl (C=O) groups excluding carboxylic acids is 1. The molecule has 5 heteroatoms. The molecule has 5 nitrogen and oxygen atoms in total. The second-order valence-corrected chi connectivity index (χ2v) is 8.04. The molecular formula is C23H29N3O2. The number of piperidine rings is 1. The van der Waals surface area contributed by atoms with Crippen molar-refractivity contribution in [1.29, 1.82) is 0 Å². The quantitative estimate of drug-likeness (QED) is 0.774. The number of fused-ring (bicyclic) bond motifs is 4. The van der Waals surface area contributed by atoms with Gasteiger partial charge in [0.2, 0.25) is 5.91 Å². The van der Waals surface area contributed by atoms with E-state index in [9.17, 15) is 4.79 Å². The molecule has 0 radical (unpaired) electrons. The third-order valence-electron chi connectivity index (χ3n) is 6.05. The van der Waals surface area contributed by atoms with E-state index in [-0.39, 0.29) is 0 Å². The van der Waals surface area contributed by atoms with E-state index in [0.29, 0.717) is 24.3 Å². The topological polar surface area (TPSA) is 45.7 Å². The maximum atomic E-state index is 12.9. The van der Waals surface area contributed by atoms with Crippen molar-refractivity contribution in [3.63, 3.8) is 0 Å².